The second-order valence-corrected chi connectivity index (χ2v) is 7.98. The Bertz CT molecular complexity index is 474. The van der Waals surface area contributed by atoms with Gasteiger partial charge < -0.3 is 9.47 Å². The summed E-state index contributed by atoms with van der Waals surface area (Å²) >= 11 is 0. The number of carbonyl (C=O) groups excluding carboxylic acids is 2. The van der Waals surface area contributed by atoms with Crippen LogP contribution < -0.4 is 0 Å². The first-order chi connectivity index (χ1) is 11.0. The van der Waals surface area contributed by atoms with Gasteiger partial charge in [0.2, 0.25) is 0 Å². The van der Waals surface area contributed by atoms with Crippen molar-refractivity contribution in [1.82, 2.24) is 0 Å². The van der Waals surface area contributed by atoms with Crippen molar-refractivity contribution in [3.05, 3.63) is 0 Å². The maximum atomic E-state index is 12.7. The Kier molecular flexibility index (Phi) is 4.70. The molecule has 0 heterocycles. The number of esters is 2. The highest BCUT2D eigenvalue weighted by atomic mass is 16.5. The fourth-order valence-electron chi connectivity index (χ4n) is 6.16. The minimum Gasteiger partial charge on any atom is -0.469 e. The average Bonchev–Trinajstić information content (AvgIpc) is 2.60. The summed E-state index contributed by atoms with van der Waals surface area (Å²) < 4.78 is 10.2. The normalized spacial score (nSPS) is 43.0. The standard InChI is InChI=1S/C19H30O4/c1-19(18(21)23-3)15-10-8-12-6-4-5-7-13(12)14(15)9-11-16(19)17(20)22-2/h12-16H,4-11H2,1-3H3/t12-,13-,14-,15-,16+,19+/m0/s1. The molecule has 0 aromatic rings. The van der Waals surface area contributed by atoms with Gasteiger partial charge >= 0.3 is 11.9 Å². The van der Waals surface area contributed by atoms with E-state index in [1.165, 1.54) is 46.3 Å². The van der Waals surface area contributed by atoms with E-state index < -0.39 is 5.41 Å². The molecule has 0 saturated heterocycles. The topological polar surface area (TPSA) is 52.6 Å². The molecule has 3 saturated carbocycles. The largest absolute Gasteiger partial charge is 0.469 e. The zero-order valence-corrected chi connectivity index (χ0v) is 14.7. The summed E-state index contributed by atoms with van der Waals surface area (Å²) in [5.74, 6) is 1.57. The Labute approximate surface area is 139 Å². The zero-order valence-electron chi connectivity index (χ0n) is 14.7. The monoisotopic (exact) mass is 322 g/mol. The number of rotatable bonds is 2. The number of fused-ring (bicyclic) bond motifs is 3. The molecule has 0 aromatic heterocycles. The Morgan fingerprint density at radius 2 is 1.61 bits per heavy atom. The Balaban J connectivity index is 1.93. The maximum Gasteiger partial charge on any atom is 0.312 e. The molecule has 0 bridgehead atoms. The van der Waals surface area contributed by atoms with Gasteiger partial charge in [-0.1, -0.05) is 19.3 Å². The van der Waals surface area contributed by atoms with Crippen LogP contribution in [0.5, 0.6) is 0 Å². The van der Waals surface area contributed by atoms with Crippen molar-refractivity contribution in [2.24, 2.45) is 35.0 Å². The van der Waals surface area contributed by atoms with E-state index in [-0.39, 0.29) is 23.8 Å². The number of carbonyl (C=O) groups is 2. The van der Waals surface area contributed by atoms with E-state index in [4.69, 9.17) is 9.47 Å². The van der Waals surface area contributed by atoms with Gasteiger partial charge in [0.15, 0.2) is 0 Å². The zero-order chi connectivity index (χ0) is 16.6. The van der Waals surface area contributed by atoms with E-state index in [0.29, 0.717) is 5.92 Å². The van der Waals surface area contributed by atoms with Crippen LogP contribution in [0.1, 0.15) is 58.3 Å². The summed E-state index contributed by atoms with van der Waals surface area (Å²) in [4.78, 5) is 25.0. The average molecular weight is 322 g/mol. The highest BCUT2D eigenvalue weighted by Crippen LogP contribution is 2.59. The maximum absolute atomic E-state index is 12.7. The first-order valence-electron chi connectivity index (χ1n) is 9.20. The molecule has 130 valence electrons. The van der Waals surface area contributed by atoms with Crippen molar-refractivity contribution >= 4 is 11.9 Å². The minimum absolute atomic E-state index is 0.225. The van der Waals surface area contributed by atoms with E-state index in [2.05, 4.69) is 0 Å². The highest BCUT2D eigenvalue weighted by molar-refractivity contribution is 5.85. The van der Waals surface area contributed by atoms with Crippen molar-refractivity contribution in [3.63, 3.8) is 0 Å². The van der Waals surface area contributed by atoms with E-state index in [9.17, 15) is 9.59 Å². The molecule has 0 aromatic carbocycles. The summed E-state index contributed by atoms with van der Waals surface area (Å²) in [6.07, 6.45) is 9.38. The van der Waals surface area contributed by atoms with Gasteiger partial charge in [0.1, 0.15) is 0 Å². The van der Waals surface area contributed by atoms with Crippen molar-refractivity contribution < 1.29 is 19.1 Å². The molecule has 4 heteroatoms. The smallest absolute Gasteiger partial charge is 0.312 e. The van der Waals surface area contributed by atoms with Crippen LogP contribution >= 0.6 is 0 Å². The molecule has 3 fully saturated rings. The Morgan fingerprint density at radius 1 is 0.870 bits per heavy atom. The SMILES string of the molecule is COC(=O)[C@H]1CC[C@H]2[C@H]3CCCC[C@H]3CC[C@@H]2[C@@]1(C)C(=O)OC. The second-order valence-electron chi connectivity index (χ2n) is 7.98. The molecule has 23 heavy (non-hydrogen) atoms. The third kappa shape index (κ3) is 2.58. The second kappa shape index (κ2) is 6.45. The van der Waals surface area contributed by atoms with Crippen LogP contribution in [-0.2, 0) is 19.1 Å². The summed E-state index contributed by atoms with van der Waals surface area (Å²) in [5, 5.41) is 0. The molecule has 0 aliphatic heterocycles. The highest BCUT2D eigenvalue weighted by Gasteiger charge is 2.59. The van der Waals surface area contributed by atoms with Gasteiger partial charge in [-0.3, -0.25) is 9.59 Å². The molecular formula is C19H30O4. The van der Waals surface area contributed by atoms with E-state index in [1.54, 1.807) is 0 Å². The molecule has 6 atom stereocenters. The minimum atomic E-state index is -0.729. The van der Waals surface area contributed by atoms with E-state index >= 15 is 0 Å². The van der Waals surface area contributed by atoms with Crippen molar-refractivity contribution in [3.8, 4) is 0 Å². The molecule has 4 nitrogen and oxygen atoms in total. The molecule has 3 aliphatic rings. The Hall–Kier alpha value is -1.06. The number of hydrogen-bond donors (Lipinski definition) is 0. The number of methoxy groups -OCH3 is 2. The van der Waals surface area contributed by atoms with Gasteiger partial charge in [0.05, 0.1) is 25.6 Å². The Morgan fingerprint density at radius 3 is 2.30 bits per heavy atom. The van der Waals surface area contributed by atoms with Crippen LogP contribution in [0.3, 0.4) is 0 Å². The van der Waals surface area contributed by atoms with Crippen LogP contribution in [0, 0.1) is 35.0 Å². The lowest BCUT2D eigenvalue weighted by atomic mass is 9.48. The lowest BCUT2D eigenvalue weighted by Gasteiger charge is -2.55. The third-order valence-corrected chi connectivity index (χ3v) is 7.28. The molecule has 3 rings (SSSR count). The van der Waals surface area contributed by atoms with E-state index in [1.807, 2.05) is 6.92 Å². The quantitative estimate of drug-likeness (QED) is 0.729. The molecular weight excluding hydrogens is 292 g/mol. The number of hydrogen-bond acceptors (Lipinski definition) is 4. The van der Waals surface area contributed by atoms with Crippen molar-refractivity contribution in [2.45, 2.75) is 58.3 Å². The van der Waals surface area contributed by atoms with Gasteiger partial charge in [0.25, 0.3) is 0 Å². The molecule has 0 unspecified atom stereocenters. The van der Waals surface area contributed by atoms with Crippen molar-refractivity contribution in [2.75, 3.05) is 14.2 Å². The van der Waals surface area contributed by atoms with Gasteiger partial charge in [-0.2, -0.15) is 0 Å². The molecule has 0 amide bonds. The van der Waals surface area contributed by atoms with E-state index in [0.717, 1.165) is 31.1 Å². The van der Waals surface area contributed by atoms with Gasteiger partial charge in [-0.05, 0) is 62.7 Å². The summed E-state index contributed by atoms with van der Waals surface area (Å²) in [7, 11) is 2.86. The molecule has 3 aliphatic carbocycles. The van der Waals surface area contributed by atoms with Gasteiger partial charge in [-0.25, -0.2) is 0 Å². The fraction of sp³-hybridized carbons (Fsp3) is 0.895. The first kappa shape index (κ1) is 16.8. The number of ether oxygens (including phenoxy) is 2. The van der Waals surface area contributed by atoms with Crippen molar-refractivity contribution in [1.29, 1.82) is 0 Å². The van der Waals surface area contributed by atoms with Crippen LogP contribution in [0.25, 0.3) is 0 Å². The summed E-state index contributed by atoms with van der Waals surface area (Å²) in [6, 6.07) is 0. The van der Waals surface area contributed by atoms with Crippen LogP contribution in [0.15, 0.2) is 0 Å². The lowest BCUT2D eigenvalue weighted by molar-refractivity contribution is -0.182. The van der Waals surface area contributed by atoms with Gasteiger partial charge in [0, 0.05) is 0 Å². The molecule has 0 N–H and O–H groups in total. The van der Waals surface area contributed by atoms with Crippen LogP contribution in [0.2, 0.25) is 0 Å². The first-order valence-corrected chi connectivity index (χ1v) is 9.20. The van der Waals surface area contributed by atoms with Gasteiger partial charge in [-0.15, -0.1) is 0 Å². The van der Waals surface area contributed by atoms with Crippen LogP contribution in [0.4, 0.5) is 0 Å². The molecule has 0 radical (unpaired) electrons. The summed E-state index contributed by atoms with van der Waals surface area (Å²) in [6.45, 7) is 1.96. The third-order valence-electron chi connectivity index (χ3n) is 7.28. The molecule has 0 spiro atoms. The fourth-order valence-corrected chi connectivity index (χ4v) is 6.16. The lowest BCUT2D eigenvalue weighted by Crippen LogP contribution is -2.56. The predicted molar refractivity (Wildman–Crippen MR) is 86.5 cm³/mol. The predicted octanol–water partition coefficient (Wildman–Crippen LogP) is 3.58. The summed E-state index contributed by atoms with van der Waals surface area (Å²) in [5.41, 5.74) is -0.729. The van der Waals surface area contributed by atoms with Crippen LogP contribution in [-0.4, -0.2) is 26.2 Å².